The van der Waals surface area contributed by atoms with Crippen LogP contribution < -0.4 is 14.8 Å². The molecule has 0 bridgehead atoms. The molecule has 0 aliphatic carbocycles. The number of nitrogens with one attached hydrogen (secondary N) is 2. The van der Waals surface area contributed by atoms with Crippen LogP contribution in [0, 0.1) is 0 Å². The first kappa shape index (κ1) is 17.2. The summed E-state index contributed by atoms with van der Waals surface area (Å²) in [6, 6.07) is 5.70. The van der Waals surface area contributed by atoms with Gasteiger partial charge in [0.25, 0.3) is 5.91 Å². The predicted octanol–water partition coefficient (Wildman–Crippen LogP) is 1.05. The first-order valence-corrected chi connectivity index (χ1v) is 7.96. The molecular weight excluding hydrogens is 292 g/mol. The van der Waals surface area contributed by atoms with Gasteiger partial charge in [-0.05, 0) is 38.1 Å². The van der Waals surface area contributed by atoms with Gasteiger partial charge in [-0.2, -0.15) is 0 Å². The van der Waals surface area contributed by atoms with Crippen molar-refractivity contribution in [2.45, 2.75) is 24.8 Å². The smallest absolute Gasteiger partial charge is 0.258 e. The van der Waals surface area contributed by atoms with Gasteiger partial charge in [0, 0.05) is 12.6 Å². The molecule has 0 spiro atoms. The van der Waals surface area contributed by atoms with Gasteiger partial charge in [0.05, 0.1) is 4.90 Å². The second-order valence-electron chi connectivity index (χ2n) is 4.63. The van der Waals surface area contributed by atoms with E-state index in [1.54, 1.807) is 19.9 Å². The third-order valence-electron chi connectivity index (χ3n) is 2.34. The number of benzene rings is 1. The lowest BCUT2D eigenvalue weighted by Crippen LogP contribution is -2.30. The second kappa shape index (κ2) is 7.80. The molecule has 0 radical (unpaired) electrons. The number of ether oxygens (including phenoxy) is 1. The molecule has 6 nitrogen and oxygen atoms in total. The predicted molar refractivity (Wildman–Crippen MR) is 80.6 cm³/mol. The minimum Gasteiger partial charge on any atom is -0.484 e. The van der Waals surface area contributed by atoms with Gasteiger partial charge in [0.15, 0.2) is 6.61 Å². The molecule has 0 saturated carbocycles. The van der Waals surface area contributed by atoms with Gasteiger partial charge in [-0.15, -0.1) is 6.58 Å². The fourth-order valence-electron chi connectivity index (χ4n) is 1.48. The van der Waals surface area contributed by atoms with Crippen LogP contribution in [0.15, 0.2) is 41.8 Å². The first-order valence-electron chi connectivity index (χ1n) is 6.48. The Morgan fingerprint density at radius 2 is 1.95 bits per heavy atom. The highest BCUT2D eigenvalue weighted by Crippen LogP contribution is 2.16. The van der Waals surface area contributed by atoms with E-state index in [9.17, 15) is 13.2 Å². The summed E-state index contributed by atoms with van der Waals surface area (Å²) in [5.74, 6) is 0.153. The Labute approximate surface area is 125 Å². The number of carbonyl (C=O) groups is 1. The molecule has 0 aliphatic heterocycles. The van der Waals surface area contributed by atoms with E-state index in [0.717, 1.165) is 0 Å². The average Bonchev–Trinajstić information content (AvgIpc) is 2.42. The summed E-state index contributed by atoms with van der Waals surface area (Å²) in [6.45, 7) is 7.22. The van der Waals surface area contributed by atoms with Crippen LogP contribution in [-0.2, 0) is 14.8 Å². The Morgan fingerprint density at radius 1 is 1.33 bits per heavy atom. The van der Waals surface area contributed by atoms with E-state index in [-0.39, 0.29) is 23.5 Å². The number of rotatable bonds is 8. The van der Waals surface area contributed by atoms with E-state index in [1.807, 2.05) is 0 Å². The van der Waals surface area contributed by atoms with Gasteiger partial charge in [-0.3, -0.25) is 4.79 Å². The van der Waals surface area contributed by atoms with Crippen LogP contribution in [0.1, 0.15) is 13.8 Å². The summed E-state index contributed by atoms with van der Waals surface area (Å²) in [5.41, 5.74) is 0. The first-order chi connectivity index (χ1) is 9.85. The molecule has 0 aromatic heterocycles. The standard InChI is InChI=1S/C14H20N2O4S/c1-4-9-15-14(17)10-20-12-5-7-13(8-6-12)21(18,19)16-11(2)3/h4-8,11,16H,1,9-10H2,2-3H3,(H,15,17). The molecule has 0 aliphatic rings. The van der Waals surface area contributed by atoms with Gasteiger partial charge >= 0.3 is 0 Å². The summed E-state index contributed by atoms with van der Waals surface area (Å²) >= 11 is 0. The molecule has 0 saturated heterocycles. The van der Waals surface area contributed by atoms with E-state index < -0.39 is 10.0 Å². The number of amides is 1. The van der Waals surface area contributed by atoms with E-state index in [0.29, 0.717) is 12.3 Å². The normalized spacial score (nSPS) is 11.2. The molecule has 1 rings (SSSR count). The fourth-order valence-corrected chi connectivity index (χ4v) is 2.73. The molecule has 116 valence electrons. The lowest BCUT2D eigenvalue weighted by Gasteiger charge is -2.10. The van der Waals surface area contributed by atoms with Crippen LogP contribution in [-0.4, -0.2) is 33.5 Å². The van der Waals surface area contributed by atoms with Crippen molar-refractivity contribution in [3.63, 3.8) is 0 Å². The van der Waals surface area contributed by atoms with Crippen molar-refractivity contribution in [1.29, 1.82) is 0 Å². The van der Waals surface area contributed by atoms with Crippen LogP contribution in [0.25, 0.3) is 0 Å². The maximum absolute atomic E-state index is 11.9. The zero-order chi connectivity index (χ0) is 15.9. The maximum Gasteiger partial charge on any atom is 0.258 e. The highest BCUT2D eigenvalue weighted by atomic mass is 32.2. The van der Waals surface area contributed by atoms with Crippen LogP contribution >= 0.6 is 0 Å². The molecular formula is C14H20N2O4S. The van der Waals surface area contributed by atoms with Gasteiger partial charge < -0.3 is 10.1 Å². The second-order valence-corrected chi connectivity index (χ2v) is 6.34. The molecule has 0 fully saturated rings. The van der Waals surface area contributed by atoms with Crippen molar-refractivity contribution in [1.82, 2.24) is 10.0 Å². The van der Waals surface area contributed by atoms with Crippen LogP contribution in [0.2, 0.25) is 0 Å². The fraction of sp³-hybridized carbons (Fsp3) is 0.357. The highest BCUT2D eigenvalue weighted by molar-refractivity contribution is 7.89. The van der Waals surface area contributed by atoms with Crippen molar-refractivity contribution in [3.8, 4) is 5.75 Å². The molecule has 1 aromatic carbocycles. The van der Waals surface area contributed by atoms with Crippen molar-refractivity contribution in [3.05, 3.63) is 36.9 Å². The molecule has 0 unspecified atom stereocenters. The summed E-state index contributed by atoms with van der Waals surface area (Å²) in [6.07, 6.45) is 1.57. The molecule has 7 heteroatoms. The Morgan fingerprint density at radius 3 is 2.48 bits per heavy atom. The van der Waals surface area contributed by atoms with E-state index >= 15 is 0 Å². The zero-order valence-corrected chi connectivity index (χ0v) is 12.9. The summed E-state index contributed by atoms with van der Waals surface area (Å²) < 4.78 is 31.6. The molecule has 1 amide bonds. The van der Waals surface area contributed by atoms with E-state index in [2.05, 4.69) is 16.6 Å². The lowest BCUT2D eigenvalue weighted by molar-refractivity contribution is -0.122. The van der Waals surface area contributed by atoms with Crippen molar-refractivity contribution >= 4 is 15.9 Å². The van der Waals surface area contributed by atoms with Gasteiger partial charge in [-0.25, -0.2) is 13.1 Å². The van der Waals surface area contributed by atoms with Crippen molar-refractivity contribution in [2.75, 3.05) is 13.2 Å². The molecule has 0 atom stereocenters. The third-order valence-corrected chi connectivity index (χ3v) is 4.01. The molecule has 0 heterocycles. The van der Waals surface area contributed by atoms with Crippen LogP contribution in [0.3, 0.4) is 0 Å². The topological polar surface area (TPSA) is 84.5 Å². The third kappa shape index (κ3) is 5.97. The largest absolute Gasteiger partial charge is 0.484 e. The Bertz CT molecular complexity index is 579. The zero-order valence-electron chi connectivity index (χ0n) is 12.1. The van der Waals surface area contributed by atoms with Gasteiger partial charge in [0.2, 0.25) is 10.0 Å². The highest BCUT2D eigenvalue weighted by Gasteiger charge is 2.15. The van der Waals surface area contributed by atoms with E-state index in [1.165, 1.54) is 24.3 Å². The average molecular weight is 312 g/mol. The number of carbonyl (C=O) groups excluding carboxylic acids is 1. The number of hydrogen-bond acceptors (Lipinski definition) is 4. The summed E-state index contributed by atoms with van der Waals surface area (Å²) in [5, 5.41) is 2.57. The van der Waals surface area contributed by atoms with Crippen LogP contribution in [0.5, 0.6) is 5.75 Å². The Hall–Kier alpha value is -1.86. The monoisotopic (exact) mass is 312 g/mol. The van der Waals surface area contributed by atoms with E-state index in [4.69, 9.17) is 4.74 Å². The van der Waals surface area contributed by atoms with Gasteiger partial charge in [-0.1, -0.05) is 6.08 Å². The quantitative estimate of drug-likeness (QED) is 0.703. The minimum absolute atomic E-state index is 0.135. The summed E-state index contributed by atoms with van der Waals surface area (Å²) in [4.78, 5) is 11.5. The Balaban J connectivity index is 2.62. The Kier molecular flexibility index (Phi) is 6.39. The summed E-state index contributed by atoms with van der Waals surface area (Å²) in [7, 11) is -3.52. The molecule has 1 aromatic rings. The van der Waals surface area contributed by atoms with Gasteiger partial charge in [0.1, 0.15) is 5.75 Å². The number of hydrogen-bond donors (Lipinski definition) is 2. The van der Waals surface area contributed by atoms with Crippen molar-refractivity contribution < 1.29 is 17.9 Å². The molecule has 2 N–H and O–H groups in total. The lowest BCUT2D eigenvalue weighted by atomic mass is 10.3. The minimum atomic E-state index is -3.52. The van der Waals surface area contributed by atoms with Crippen molar-refractivity contribution in [2.24, 2.45) is 0 Å². The SMILES string of the molecule is C=CCNC(=O)COc1ccc(S(=O)(=O)NC(C)C)cc1. The number of sulfonamides is 1. The maximum atomic E-state index is 11.9. The molecule has 21 heavy (non-hydrogen) atoms. The van der Waals surface area contributed by atoms with Crippen LogP contribution in [0.4, 0.5) is 0 Å².